The average molecular weight is 689 g/mol. The summed E-state index contributed by atoms with van der Waals surface area (Å²) in [5.74, 6) is 0.690. The summed E-state index contributed by atoms with van der Waals surface area (Å²) in [5, 5.41) is 4.46. The van der Waals surface area contributed by atoms with Crippen LogP contribution in [0.1, 0.15) is 0 Å². The lowest BCUT2D eigenvalue weighted by Gasteiger charge is -2.14. The third kappa shape index (κ3) is 5.76. The van der Waals surface area contributed by atoms with E-state index in [1.165, 1.54) is 11.1 Å². The zero-order chi connectivity index (χ0) is 35.8. The monoisotopic (exact) mass is 688 g/mol. The fraction of sp³-hybridized carbons (Fsp3) is 0. The van der Waals surface area contributed by atoms with Crippen molar-refractivity contribution in [3.63, 3.8) is 0 Å². The minimum Gasteiger partial charge on any atom is -0.248 e. The molecule has 10 rings (SSSR count). The third-order valence-electron chi connectivity index (χ3n) is 10.1. The van der Waals surface area contributed by atoms with Gasteiger partial charge in [0.25, 0.3) is 0 Å². The molecule has 0 aliphatic rings. The van der Waals surface area contributed by atoms with Crippen LogP contribution in [-0.4, -0.2) is 19.9 Å². The Bertz CT molecular complexity index is 2940. The lowest BCUT2D eigenvalue weighted by atomic mass is 9.95. The van der Waals surface area contributed by atoms with Crippen LogP contribution in [0.15, 0.2) is 194 Å². The van der Waals surface area contributed by atoms with Crippen molar-refractivity contribution in [2.24, 2.45) is 0 Å². The number of pyridine rings is 2. The first-order valence-corrected chi connectivity index (χ1v) is 18.1. The molecule has 0 spiro atoms. The van der Waals surface area contributed by atoms with Crippen LogP contribution >= 0.6 is 0 Å². The molecule has 0 unspecified atom stereocenters. The molecule has 3 heterocycles. The summed E-state index contributed by atoms with van der Waals surface area (Å²) in [7, 11) is 0. The van der Waals surface area contributed by atoms with E-state index < -0.39 is 0 Å². The lowest BCUT2D eigenvalue weighted by molar-refractivity contribution is 1.18. The molecule has 0 aliphatic carbocycles. The highest BCUT2D eigenvalue weighted by atomic mass is 14.9. The van der Waals surface area contributed by atoms with Gasteiger partial charge in [0, 0.05) is 44.0 Å². The quantitative estimate of drug-likeness (QED) is 0.163. The first-order valence-electron chi connectivity index (χ1n) is 18.1. The fourth-order valence-corrected chi connectivity index (χ4v) is 7.36. The molecular formula is C50H32N4. The SMILES string of the molecule is c1ccc(-c2ccc(-c3cc(-c4ccc(-c5nc6ccccc6c6ccc7nc(-c8ccccc8)ccc7c56)cc4)nc(-c4ccccc4)n3)cc2)cc1. The maximum absolute atomic E-state index is 5.29. The maximum Gasteiger partial charge on any atom is 0.160 e. The molecule has 0 saturated carbocycles. The van der Waals surface area contributed by atoms with Gasteiger partial charge in [-0.3, -0.25) is 0 Å². The third-order valence-corrected chi connectivity index (χ3v) is 10.1. The van der Waals surface area contributed by atoms with Crippen molar-refractivity contribution < 1.29 is 0 Å². The standard InChI is InChI=1S/C50H32N4/c1-4-12-33(13-5-1)34-20-22-36(23-21-34)46-32-47(54-50(53-46)39-16-8-3-9-17-39)37-24-26-38(27-25-37)49-48-41(40-18-10-11-19-44(40)52-49)28-31-45-42(48)29-30-43(51-45)35-14-6-2-7-15-35/h1-32H. The molecular weight excluding hydrogens is 657 g/mol. The minimum atomic E-state index is 0.690. The summed E-state index contributed by atoms with van der Waals surface area (Å²) in [6.45, 7) is 0. The van der Waals surface area contributed by atoms with Crippen molar-refractivity contribution in [1.82, 2.24) is 19.9 Å². The molecule has 0 N–H and O–H groups in total. The van der Waals surface area contributed by atoms with E-state index in [0.29, 0.717) is 5.82 Å². The van der Waals surface area contributed by atoms with E-state index in [2.05, 4.69) is 152 Å². The van der Waals surface area contributed by atoms with Crippen LogP contribution in [-0.2, 0) is 0 Å². The highest BCUT2D eigenvalue weighted by molar-refractivity contribution is 6.20. The van der Waals surface area contributed by atoms with Gasteiger partial charge in [-0.2, -0.15) is 0 Å². The Morgan fingerprint density at radius 2 is 0.741 bits per heavy atom. The molecule has 7 aromatic carbocycles. The van der Waals surface area contributed by atoms with Crippen molar-refractivity contribution in [3.05, 3.63) is 194 Å². The summed E-state index contributed by atoms with van der Waals surface area (Å²) >= 11 is 0. The Balaban J connectivity index is 1.09. The van der Waals surface area contributed by atoms with Crippen LogP contribution in [0.4, 0.5) is 0 Å². The fourth-order valence-electron chi connectivity index (χ4n) is 7.36. The number of nitrogens with zero attached hydrogens (tertiary/aromatic N) is 4. The van der Waals surface area contributed by atoms with E-state index in [1.54, 1.807) is 0 Å². The van der Waals surface area contributed by atoms with Crippen LogP contribution in [0.5, 0.6) is 0 Å². The molecule has 252 valence electrons. The van der Waals surface area contributed by atoms with Gasteiger partial charge in [0.1, 0.15) is 0 Å². The molecule has 4 nitrogen and oxygen atoms in total. The van der Waals surface area contributed by atoms with Crippen molar-refractivity contribution >= 4 is 32.6 Å². The number of hydrogen-bond acceptors (Lipinski definition) is 4. The predicted molar refractivity (Wildman–Crippen MR) is 223 cm³/mol. The van der Waals surface area contributed by atoms with Crippen molar-refractivity contribution in [2.75, 3.05) is 0 Å². The Labute approximate surface area is 313 Å². The van der Waals surface area contributed by atoms with E-state index in [1.807, 2.05) is 42.5 Å². The zero-order valence-electron chi connectivity index (χ0n) is 29.3. The molecule has 0 aliphatic heterocycles. The summed E-state index contributed by atoms with van der Waals surface area (Å²) in [5.41, 5.74) is 13.0. The Kier molecular flexibility index (Phi) is 7.77. The van der Waals surface area contributed by atoms with Gasteiger partial charge in [-0.1, -0.05) is 164 Å². The van der Waals surface area contributed by atoms with E-state index in [-0.39, 0.29) is 0 Å². The number of para-hydroxylation sites is 1. The molecule has 0 amide bonds. The number of benzene rings is 7. The average Bonchev–Trinajstić information content (AvgIpc) is 3.26. The van der Waals surface area contributed by atoms with Gasteiger partial charge in [-0.05, 0) is 46.8 Å². The van der Waals surface area contributed by atoms with Crippen LogP contribution in [0.3, 0.4) is 0 Å². The second-order valence-electron chi connectivity index (χ2n) is 13.4. The van der Waals surface area contributed by atoms with E-state index in [0.717, 1.165) is 83.2 Å². The van der Waals surface area contributed by atoms with Gasteiger partial charge in [0.15, 0.2) is 5.82 Å². The largest absolute Gasteiger partial charge is 0.248 e. The molecule has 10 aromatic rings. The number of aromatic nitrogens is 4. The number of rotatable bonds is 6. The van der Waals surface area contributed by atoms with Crippen LogP contribution in [0.25, 0.3) is 100 Å². The van der Waals surface area contributed by atoms with Gasteiger partial charge < -0.3 is 0 Å². The highest BCUT2D eigenvalue weighted by Crippen LogP contribution is 2.38. The number of hydrogen-bond donors (Lipinski definition) is 0. The first-order chi connectivity index (χ1) is 26.7. The van der Waals surface area contributed by atoms with E-state index in [4.69, 9.17) is 19.9 Å². The molecule has 4 heteroatoms. The lowest BCUT2D eigenvalue weighted by Crippen LogP contribution is -1.96. The normalized spacial score (nSPS) is 11.3. The number of fused-ring (bicyclic) bond motifs is 5. The van der Waals surface area contributed by atoms with Crippen molar-refractivity contribution in [3.8, 4) is 67.5 Å². The smallest absolute Gasteiger partial charge is 0.160 e. The topological polar surface area (TPSA) is 51.6 Å². The van der Waals surface area contributed by atoms with E-state index in [9.17, 15) is 0 Å². The Morgan fingerprint density at radius 3 is 1.41 bits per heavy atom. The van der Waals surface area contributed by atoms with Crippen LogP contribution in [0.2, 0.25) is 0 Å². The van der Waals surface area contributed by atoms with Crippen LogP contribution in [0, 0.1) is 0 Å². The first kappa shape index (κ1) is 31.4. The Hall–Kier alpha value is -7.30. The molecule has 54 heavy (non-hydrogen) atoms. The van der Waals surface area contributed by atoms with E-state index >= 15 is 0 Å². The summed E-state index contributed by atoms with van der Waals surface area (Å²) in [6, 6.07) is 67.3. The summed E-state index contributed by atoms with van der Waals surface area (Å²) < 4.78 is 0. The molecule has 0 saturated heterocycles. The van der Waals surface area contributed by atoms with Crippen molar-refractivity contribution in [2.45, 2.75) is 0 Å². The Morgan fingerprint density at radius 1 is 0.259 bits per heavy atom. The molecule has 0 atom stereocenters. The van der Waals surface area contributed by atoms with Gasteiger partial charge in [-0.15, -0.1) is 0 Å². The molecule has 0 radical (unpaired) electrons. The van der Waals surface area contributed by atoms with Gasteiger partial charge in [-0.25, -0.2) is 19.9 Å². The molecule has 3 aromatic heterocycles. The minimum absolute atomic E-state index is 0.690. The maximum atomic E-state index is 5.29. The van der Waals surface area contributed by atoms with Gasteiger partial charge in [0.2, 0.25) is 0 Å². The van der Waals surface area contributed by atoms with Gasteiger partial charge >= 0.3 is 0 Å². The molecule has 0 fully saturated rings. The van der Waals surface area contributed by atoms with Crippen molar-refractivity contribution in [1.29, 1.82) is 0 Å². The summed E-state index contributed by atoms with van der Waals surface area (Å²) in [4.78, 5) is 20.6. The second-order valence-corrected chi connectivity index (χ2v) is 13.4. The predicted octanol–water partition coefficient (Wildman–Crippen LogP) is 12.7. The molecule has 0 bridgehead atoms. The van der Waals surface area contributed by atoms with Gasteiger partial charge in [0.05, 0.1) is 33.8 Å². The zero-order valence-corrected chi connectivity index (χ0v) is 29.3. The van der Waals surface area contributed by atoms with Crippen LogP contribution < -0.4 is 0 Å². The summed E-state index contributed by atoms with van der Waals surface area (Å²) in [6.07, 6.45) is 0. The highest BCUT2D eigenvalue weighted by Gasteiger charge is 2.16. The second kappa shape index (κ2) is 13.4.